The normalized spacial score (nSPS) is 10.9. The van der Waals surface area contributed by atoms with Gasteiger partial charge >= 0.3 is 5.69 Å². The van der Waals surface area contributed by atoms with Gasteiger partial charge in [-0.15, -0.1) is 0 Å². The van der Waals surface area contributed by atoms with E-state index in [4.69, 9.17) is 23.2 Å². The molecule has 2 amide bonds. The summed E-state index contributed by atoms with van der Waals surface area (Å²) in [4.78, 5) is 52.3. The zero-order chi connectivity index (χ0) is 28.9. The van der Waals surface area contributed by atoms with Crippen molar-refractivity contribution in [2.24, 2.45) is 0 Å². The number of carbonyl (C=O) groups excluding carboxylic acids is 2. The Morgan fingerprint density at radius 1 is 0.780 bits per heavy atom. The van der Waals surface area contributed by atoms with Crippen LogP contribution in [0.15, 0.2) is 107 Å². The molecule has 4 aromatic carbocycles. The Morgan fingerprint density at radius 3 is 2.27 bits per heavy atom. The number of aromatic nitrogens is 2. The summed E-state index contributed by atoms with van der Waals surface area (Å²) < 4.78 is 2.36. The number of rotatable bonds is 8. The van der Waals surface area contributed by atoms with Crippen LogP contribution in [0, 0.1) is 0 Å². The third kappa shape index (κ3) is 6.40. The molecule has 0 unspecified atom stereocenters. The Morgan fingerprint density at radius 2 is 1.51 bits per heavy atom. The average Bonchev–Trinajstić information content (AvgIpc) is 2.97. The van der Waals surface area contributed by atoms with E-state index in [2.05, 4.69) is 10.6 Å². The molecule has 0 bridgehead atoms. The van der Waals surface area contributed by atoms with Crippen LogP contribution in [0.3, 0.4) is 0 Å². The molecule has 1 heterocycles. The zero-order valence-electron chi connectivity index (χ0n) is 21.6. The third-order valence-corrected chi connectivity index (χ3v) is 7.10. The van der Waals surface area contributed by atoms with Crippen molar-refractivity contribution in [2.45, 2.75) is 19.6 Å². The van der Waals surface area contributed by atoms with Gasteiger partial charge in [-0.1, -0.05) is 71.7 Å². The van der Waals surface area contributed by atoms with Gasteiger partial charge in [0.05, 0.1) is 17.4 Å². The highest BCUT2D eigenvalue weighted by Gasteiger charge is 2.16. The molecule has 8 nitrogen and oxygen atoms in total. The first-order valence-corrected chi connectivity index (χ1v) is 13.4. The fraction of sp³-hybridized carbons (Fsp3) is 0.0968. The molecule has 5 rings (SSSR count). The fourth-order valence-electron chi connectivity index (χ4n) is 4.44. The molecular weight excluding hydrogens is 563 g/mol. The maximum Gasteiger partial charge on any atom is 0.332 e. The van der Waals surface area contributed by atoms with Crippen LogP contribution in [0.5, 0.6) is 0 Å². The van der Waals surface area contributed by atoms with Crippen LogP contribution in [0.1, 0.15) is 21.5 Å². The molecule has 206 valence electrons. The monoisotopic (exact) mass is 586 g/mol. The highest BCUT2D eigenvalue weighted by atomic mass is 35.5. The number of nitrogens with one attached hydrogen (secondary N) is 2. The van der Waals surface area contributed by atoms with E-state index < -0.39 is 17.2 Å². The molecule has 0 saturated carbocycles. The van der Waals surface area contributed by atoms with Crippen molar-refractivity contribution in [2.75, 3.05) is 5.32 Å². The topological polar surface area (TPSA) is 102 Å². The summed E-state index contributed by atoms with van der Waals surface area (Å²) in [6.45, 7) is -0.0756. The molecule has 0 fully saturated rings. The molecule has 0 aliphatic carbocycles. The van der Waals surface area contributed by atoms with Gasteiger partial charge in [-0.05, 0) is 59.7 Å². The van der Waals surface area contributed by atoms with Crippen LogP contribution < -0.4 is 21.9 Å². The van der Waals surface area contributed by atoms with Crippen LogP contribution in [-0.4, -0.2) is 20.9 Å². The molecule has 0 aliphatic heterocycles. The molecule has 0 spiro atoms. The van der Waals surface area contributed by atoms with Gasteiger partial charge in [-0.2, -0.15) is 0 Å². The largest absolute Gasteiger partial charge is 0.348 e. The van der Waals surface area contributed by atoms with Crippen LogP contribution in [0.25, 0.3) is 10.9 Å². The summed E-state index contributed by atoms with van der Waals surface area (Å²) in [6, 6.07) is 27.2. The average molecular weight is 587 g/mol. The summed E-state index contributed by atoms with van der Waals surface area (Å²) in [5.41, 5.74) is 1.59. The Balaban J connectivity index is 1.37. The van der Waals surface area contributed by atoms with Crippen molar-refractivity contribution < 1.29 is 9.59 Å². The molecule has 2 N–H and O–H groups in total. The van der Waals surface area contributed by atoms with E-state index in [0.29, 0.717) is 37.8 Å². The van der Waals surface area contributed by atoms with Crippen molar-refractivity contribution in [1.82, 2.24) is 14.5 Å². The molecule has 10 heteroatoms. The van der Waals surface area contributed by atoms with E-state index in [1.807, 2.05) is 18.2 Å². The van der Waals surface area contributed by atoms with Gasteiger partial charge in [0.15, 0.2) is 0 Å². The van der Waals surface area contributed by atoms with E-state index in [1.165, 1.54) is 4.57 Å². The lowest BCUT2D eigenvalue weighted by Crippen LogP contribution is -2.42. The molecule has 41 heavy (non-hydrogen) atoms. The van der Waals surface area contributed by atoms with Gasteiger partial charge in [0, 0.05) is 27.8 Å². The maximum atomic E-state index is 13.5. The molecular formula is C31H24Cl2N4O4. The summed E-state index contributed by atoms with van der Waals surface area (Å²) in [5.74, 6) is -0.732. The van der Waals surface area contributed by atoms with E-state index in [9.17, 15) is 19.2 Å². The predicted octanol–water partition coefficient (Wildman–Crippen LogP) is 5.09. The Hall–Kier alpha value is -4.66. The van der Waals surface area contributed by atoms with E-state index >= 15 is 0 Å². The number of nitrogens with zero attached hydrogens (tertiary/aromatic N) is 2. The number of benzene rings is 4. The second-order valence-electron chi connectivity index (χ2n) is 9.31. The lowest BCUT2D eigenvalue weighted by Gasteiger charge is -2.14. The minimum absolute atomic E-state index is 0.0417. The van der Waals surface area contributed by atoms with Crippen LogP contribution in [0.4, 0.5) is 5.69 Å². The van der Waals surface area contributed by atoms with Crippen molar-refractivity contribution in [3.63, 3.8) is 0 Å². The predicted molar refractivity (Wildman–Crippen MR) is 161 cm³/mol. The Bertz CT molecular complexity index is 1880. The fourth-order valence-corrected chi connectivity index (χ4v) is 4.83. The van der Waals surface area contributed by atoms with Crippen molar-refractivity contribution in [1.29, 1.82) is 0 Å². The van der Waals surface area contributed by atoms with Gasteiger partial charge in [-0.3, -0.25) is 23.5 Å². The number of hydrogen-bond acceptors (Lipinski definition) is 4. The standard InChI is InChI=1S/C31H24Cl2N4O4/c32-23-7-5-8-24(16-23)35-28(38)19-36-27-11-4-2-9-25(27)30(40)37(31(36)41)18-20-12-14-21(15-13-20)29(39)34-17-22-6-1-3-10-26(22)33/h1-16H,17-19H2,(H,34,39)(H,35,38). The zero-order valence-corrected chi connectivity index (χ0v) is 23.2. The Kier molecular flexibility index (Phi) is 8.33. The number of anilines is 1. The summed E-state index contributed by atoms with van der Waals surface area (Å²) in [7, 11) is 0. The van der Waals surface area contributed by atoms with Gasteiger partial charge in [0.1, 0.15) is 6.54 Å². The molecule has 0 atom stereocenters. The minimum atomic E-state index is -0.628. The Labute approximate surface area is 244 Å². The number of amides is 2. The van der Waals surface area contributed by atoms with Gasteiger partial charge in [0.2, 0.25) is 5.91 Å². The third-order valence-electron chi connectivity index (χ3n) is 6.50. The second-order valence-corrected chi connectivity index (χ2v) is 10.2. The summed E-state index contributed by atoms with van der Waals surface area (Å²) in [5, 5.41) is 6.90. The molecule has 0 saturated heterocycles. The maximum absolute atomic E-state index is 13.5. The number of fused-ring (bicyclic) bond motifs is 1. The van der Waals surface area contributed by atoms with E-state index in [-0.39, 0.29) is 25.5 Å². The van der Waals surface area contributed by atoms with Crippen LogP contribution in [-0.2, 0) is 24.4 Å². The first-order valence-electron chi connectivity index (χ1n) is 12.7. The highest BCUT2D eigenvalue weighted by molar-refractivity contribution is 6.31. The smallest absolute Gasteiger partial charge is 0.332 e. The van der Waals surface area contributed by atoms with Gasteiger partial charge in [0.25, 0.3) is 11.5 Å². The SMILES string of the molecule is O=C(Cn1c(=O)n(Cc2ccc(C(=O)NCc3ccccc3Cl)cc2)c(=O)c2ccccc21)Nc1cccc(Cl)c1. The van der Waals surface area contributed by atoms with E-state index in [0.717, 1.165) is 10.1 Å². The molecule has 0 aliphatic rings. The molecule has 5 aromatic rings. The van der Waals surface area contributed by atoms with Crippen molar-refractivity contribution >= 4 is 51.6 Å². The first kappa shape index (κ1) is 27.9. The lowest BCUT2D eigenvalue weighted by molar-refractivity contribution is -0.116. The summed E-state index contributed by atoms with van der Waals surface area (Å²) in [6.07, 6.45) is 0. The van der Waals surface area contributed by atoms with Gasteiger partial charge in [-0.25, -0.2) is 4.79 Å². The number of halogens is 2. The van der Waals surface area contributed by atoms with Gasteiger partial charge < -0.3 is 10.6 Å². The second kappa shape index (κ2) is 12.2. The number of carbonyl (C=O) groups is 2. The first-order chi connectivity index (χ1) is 19.8. The van der Waals surface area contributed by atoms with Crippen molar-refractivity contribution in [3.05, 3.63) is 145 Å². The van der Waals surface area contributed by atoms with Crippen LogP contribution >= 0.6 is 23.2 Å². The number of para-hydroxylation sites is 1. The lowest BCUT2D eigenvalue weighted by atomic mass is 10.1. The van der Waals surface area contributed by atoms with Crippen LogP contribution in [0.2, 0.25) is 10.0 Å². The quantitative estimate of drug-likeness (QED) is 0.264. The summed E-state index contributed by atoms with van der Waals surface area (Å²) >= 11 is 12.2. The highest BCUT2D eigenvalue weighted by Crippen LogP contribution is 2.16. The van der Waals surface area contributed by atoms with E-state index in [1.54, 1.807) is 78.9 Å². The molecule has 1 aromatic heterocycles. The number of hydrogen-bond donors (Lipinski definition) is 2. The molecule has 0 radical (unpaired) electrons. The minimum Gasteiger partial charge on any atom is -0.348 e. The van der Waals surface area contributed by atoms with Crippen molar-refractivity contribution in [3.8, 4) is 0 Å².